The maximum atomic E-state index is 5.93. The van der Waals surface area contributed by atoms with Gasteiger partial charge in [-0.1, -0.05) is 48.5 Å². The number of likely N-dealkylation sites (N-methyl/N-ethyl adjacent to an activating group) is 1. The lowest BCUT2D eigenvalue weighted by Crippen LogP contribution is -3.08. The molecule has 2 heterocycles. The number of para-hydroxylation sites is 1. The van der Waals surface area contributed by atoms with Crippen molar-refractivity contribution in [3.05, 3.63) is 72.4 Å². The molecule has 3 aromatic rings. The molecule has 4 heteroatoms. The Bertz CT molecular complexity index is 839. The van der Waals surface area contributed by atoms with E-state index >= 15 is 0 Å². The molecular formula is C23H28N3O+. The molecular weight excluding hydrogens is 334 g/mol. The number of ether oxygens (including phenoxy) is 1. The van der Waals surface area contributed by atoms with Gasteiger partial charge < -0.3 is 9.64 Å². The molecule has 2 aromatic carbocycles. The van der Waals surface area contributed by atoms with E-state index in [9.17, 15) is 0 Å². The SMILES string of the molecule is C[NH+](Cc1cn(-c2ccccc2)nc1-c1ccccc1)C[C@@H]1CCCCO1. The number of quaternary nitrogens is 1. The largest absolute Gasteiger partial charge is 0.372 e. The summed E-state index contributed by atoms with van der Waals surface area (Å²) in [5.74, 6) is 0. The number of nitrogens with zero attached hydrogens (tertiary/aromatic N) is 2. The smallest absolute Gasteiger partial charge is 0.106 e. The molecule has 0 radical (unpaired) electrons. The molecule has 1 saturated heterocycles. The summed E-state index contributed by atoms with van der Waals surface area (Å²) in [5.41, 5.74) is 4.61. The molecule has 0 aliphatic carbocycles. The van der Waals surface area contributed by atoms with Crippen molar-refractivity contribution >= 4 is 0 Å². The molecule has 1 aromatic heterocycles. The van der Waals surface area contributed by atoms with Crippen molar-refractivity contribution in [1.29, 1.82) is 0 Å². The molecule has 27 heavy (non-hydrogen) atoms. The lowest BCUT2D eigenvalue weighted by atomic mass is 10.1. The number of nitrogens with one attached hydrogen (secondary N) is 1. The van der Waals surface area contributed by atoms with Crippen molar-refractivity contribution in [2.45, 2.75) is 31.9 Å². The van der Waals surface area contributed by atoms with Crippen LogP contribution < -0.4 is 4.90 Å². The Morgan fingerprint density at radius 1 is 1.04 bits per heavy atom. The van der Waals surface area contributed by atoms with Crippen molar-refractivity contribution in [2.75, 3.05) is 20.2 Å². The molecule has 1 aliphatic rings. The zero-order valence-corrected chi connectivity index (χ0v) is 16.0. The summed E-state index contributed by atoms with van der Waals surface area (Å²) in [6.07, 6.45) is 6.26. The van der Waals surface area contributed by atoms with Gasteiger partial charge in [0.1, 0.15) is 24.9 Å². The fourth-order valence-corrected chi connectivity index (χ4v) is 3.85. The molecule has 4 rings (SSSR count). The number of hydrogen-bond acceptors (Lipinski definition) is 2. The highest BCUT2D eigenvalue weighted by Gasteiger charge is 2.21. The minimum absolute atomic E-state index is 0.392. The first-order valence-corrected chi connectivity index (χ1v) is 9.92. The van der Waals surface area contributed by atoms with E-state index in [1.54, 1.807) is 0 Å². The van der Waals surface area contributed by atoms with Crippen molar-refractivity contribution in [2.24, 2.45) is 0 Å². The molecule has 0 bridgehead atoms. The third-order valence-electron chi connectivity index (χ3n) is 5.20. The van der Waals surface area contributed by atoms with E-state index in [0.717, 1.165) is 31.1 Å². The van der Waals surface area contributed by atoms with Crippen LogP contribution >= 0.6 is 0 Å². The molecule has 1 N–H and O–H groups in total. The quantitative estimate of drug-likeness (QED) is 0.731. The highest BCUT2D eigenvalue weighted by Crippen LogP contribution is 2.23. The number of hydrogen-bond donors (Lipinski definition) is 1. The van der Waals surface area contributed by atoms with Crippen LogP contribution in [0.5, 0.6) is 0 Å². The van der Waals surface area contributed by atoms with Crippen LogP contribution in [0.25, 0.3) is 16.9 Å². The topological polar surface area (TPSA) is 31.5 Å². The van der Waals surface area contributed by atoms with Crippen molar-refractivity contribution < 1.29 is 9.64 Å². The first-order chi connectivity index (χ1) is 13.3. The van der Waals surface area contributed by atoms with E-state index in [2.05, 4.69) is 67.8 Å². The average Bonchev–Trinajstić information content (AvgIpc) is 3.14. The van der Waals surface area contributed by atoms with E-state index in [0.29, 0.717) is 6.10 Å². The standard InChI is InChI=1S/C23H27N3O/c1-25(18-22-14-8-9-15-27-22)16-20-17-26(21-12-6-3-7-13-21)24-23(20)19-10-4-2-5-11-19/h2-7,10-13,17,22H,8-9,14-16,18H2,1H3/p+1/t22-/m0/s1. The van der Waals surface area contributed by atoms with E-state index in [1.165, 1.54) is 35.3 Å². The molecule has 1 unspecified atom stereocenters. The highest BCUT2D eigenvalue weighted by atomic mass is 16.5. The van der Waals surface area contributed by atoms with Crippen molar-refractivity contribution in [3.63, 3.8) is 0 Å². The van der Waals surface area contributed by atoms with Crippen molar-refractivity contribution in [3.8, 4) is 16.9 Å². The lowest BCUT2D eigenvalue weighted by Gasteiger charge is -2.25. The summed E-state index contributed by atoms with van der Waals surface area (Å²) >= 11 is 0. The molecule has 2 atom stereocenters. The van der Waals surface area contributed by atoms with Crippen LogP contribution in [0.15, 0.2) is 66.9 Å². The number of rotatable bonds is 6. The Morgan fingerprint density at radius 2 is 1.78 bits per heavy atom. The van der Waals surface area contributed by atoms with Gasteiger partial charge in [-0.3, -0.25) is 0 Å². The fourth-order valence-electron chi connectivity index (χ4n) is 3.85. The van der Waals surface area contributed by atoms with Gasteiger partial charge in [0.25, 0.3) is 0 Å². The van der Waals surface area contributed by atoms with Crippen LogP contribution in [0, 0.1) is 0 Å². The Morgan fingerprint density at radius 3 is 2.48 bits per heavy atom. The Hall–Kier alpha value is -2.43. The second-order valence-electron chi connectivity index (χ2n) is 7.48. The van der Waals surface area contributed by atoms with Gasteiger partial charge in [-0.05, 0) is 31.4 Å². The summed E-state index contributed by atoms with van der Waals surface area (Å²) < 4.78 is 7.94. The summed E-state index contributed by atoms with van der Waals surface area (Å²) in [6, 6.07) is 20.8. The first-order valence-electron chi connectivity index (χ1n) is 9.92. The van der Waals surface area contributed by atoms with Crippen LogP contribution in [0.4, 0.5) is 0 Å². The van der Waals surface area contributed by atoms with Crippen LogP contribution in [0.1, 0.15) is 24.8 Å². The first kappa shape index (κ1) is 18.0. The van der Waals surface area contributed by atoms with Gasteiger partial charge in [0.2, 0.25) is 0 Å². The predicted molar refractivity (Wildman–Crippen MR) is 108 cm³/mol. The fraction of sp³-hybridized carbons (Fsp3) is 0.348. The molecule has 1 aliphatic heterocycles. The van der Waals surface area contributed by atoms with Gasteiger partial charge in [-0.25, -0.2) is 4.68 Å². The van der Waals surface area contributed by atoms with E-state index in [4.69, 9.17) is 9.84 Å². The number of benzene rings is 2. The molecule has 0 saturated carbocycles. The third kappa shape index (κ3) is 4.46. The van der Waals surface area contributed by atoms with Crippen LogP contribution in [0.3, 0.4) is 0 Å². The van der Waals surface area contributed by atoms with E-state index < -0.39 is 0 Å². The van der Waals surface area contributed by atoms with Gasteiger partial charge in [-0.2, -0.15) is 5.10 Å². The summed E-state index contributed by atoms with van der Waals surface area (Å²) in [7, 11) is 2.26. The van der Waals surface area contributed by atoms with E-state index in [-0.39, 0.29) is 0 Å². The molecule has 0 spiro atoms. The second kappa shape index (κ2) is 8.51. The zero-order valence-electron chi connectivity index (χ0n) is 16.0. The normalized spacial score (nSPS) is 18.3. The summed E-state index contributed by atoms with van der Waals surface area (Å²) in [6.45, 7) is 2.90. The molecule has 0 amide bonds. The Balaban J connectivity index is 1.59. The van der Waals surface area contributed by atoms with Crippen LogP contribution in [-0.2, 0) is 11.3 Å². The second-order valence-corrected chi connectivity index (χ2v) is 7.48. The minimum atomic E-state index is 0.392. The molecule has 1 fully saturated rings. The number of aromatic nitrogens is 2. The zero-order chi connectivity index (χ0) is 18.5. The van der Waals surface area contributed by atoms with Gasteiger partial charge in [0, 0.05) is 18.4 Å². The lowest BCUT2D eigenvalue weighted by molar-refractivity contribution is -0.897. The van der Waals surface area contributed by atoms with Crippen molar-refractivity contribution in [1.82, 2.24) is 9.78 Å². The Kier molecular flexibility index (Phi) is 5.66. The van der Waals surface area contributed by atoms with Gasteiger partial charge in [0.15, 0.2) is 0 Å². The molecule has 4 nitrogen and oxygen atoms in total. The molecule has 140 valence electrons. The monoisotopic (exact) mass is 362 g/mol. The van der Waals surface area contributed by atoms with Crippen LogP contribution in [-0.4, -0.2) is 36.1 Å². The highest BCUT2D eigenvalue weighted by molar-refractivity contribution is 5.63. The third-order valence-corrected chi connectivity index (χ3v) is 5.20. The summed E-state index contributed by atoms with van der Waals surface area (Å²) in [4.78, 5) is 1.46. The maximum absolute atomic E-state index is 5.93. The average molecular weight is 362 g/mol. The summed E-state index contributed by atoms with van der Waals surface area (Å²) in [5, 5.41) is 4.92. The minimum Gasteiger partial charge on any atom is -0.372 e. The predicted octanol–water partition coefficient (Wildman–Crippen LogP) is 3.12. The maximum Gasteiger partial charge on any atom is 0.106 e. The van der Waals surface area contributed by atoms with Crippen LogP contribution in [0.2, 0.25) is 0 Å². The van der Waals surface area contributed by atoms with E-state index in [1.807, 2.05) is 10.7 Å². The Labute approximate surface area is 161 Å². The van der Waals surface area contributed by atoms with Gasteiger partial charge in [0.05, 0.1) is 18.3 Å². The van der Waals surface area contributed by atoms with Gasteiger partial charge >= 0.3 is 0 Å². The van der Waals surface area contributed by atoms with Gasteiger partial charge in [-0.15, -0.1) is 0 Å².